The quantitative estimate of drug-likeness (QED) is 0.678. The van der Waals surface area contributed by atoms with Gasteiger partial charge < -0.3 is 4.74 Å². The van der Waals surface area contributed by atoms with Gasteiger partial charge in [0.2, 0.25) is 0 Å². The Balaban J connectivity index is 1.36. The van der Waals surface area contributed by atoms with Crippen LogP contribution in [0.25, 0.3) is 0 Å². The van der Waals surface area contributed by atoms with E-state index in [4.69, 9.17) is 4.74 Å². The summed E-state index contributed by atoms with van der Waals surface area (Å²) in [5, 5.41) is 0. The maximum Gasteiger partial charge on any atom is 0.304 e. The van der Waals surface area contributed by atoms with Crippen molar-refractivity contribution in [1.82, 2.24) is 9.03 Å². The highest BCUT2D eigenvalue weighted by atomic mass is 32.2. The fraction of sp³-hybridized carbons (Fsp3) is 0.667. The van der Waals surface area contributed by atoms with Crippen LogP contribution in [0, 0.1) is 17.2 Å². The van der Waals surface area contributed by atoms with E-state index in [0.29, 0.717) is 37.9 Å². The monoisotopic (exact) mass is 458 g/mol. The number of amides is 1. The molecule has 3 saturated carbocycles. The van der Waals surface area contributed by atoms with Crippen LogP contribution in [0.5, 0.6) is 5.75 Å². The molecule has 0 aromatic heterocycles. The van der Waals surface area contributed by atoms with Crippen molar-refractivity contribution < 1.29 is 31.1 Å². The maximum absolute atomic E-state index is 14.8. The Labute approximate surface area is 179 Å². The van der Waals surface area contributed by atoms with Crippen molar-refractivity contribution in [3.05, 3.63) is 29.1 Å². The Morgan fingerprint density at radius 2 is 1.90 bits per heavy atom. The van der Waals surface area contributed by atoms with Crippen molar-refractivity contribution in [2.45, 2.75) is 56.8 Å². The summed E-state index contributed by atoms with van der Waals surface area (Å²) >= 11 is 0. The number of carbonyl (C=O) groups excluding carboxylic acids is 1. The molecular formula is C21H25F3N2O4S. The zero-order valence-electron chi connectivity index (χ0n) is 17.0. The molecule has 1 N–H and O–H groups in total. The fourth-order valence-corrected chi connectivity index (χ4v) is 6.21. The smallest absolute Gasteiger partial charge is 0.304 e. The second-order valence-electron chi connectivity index (χ2n) is 9.20. The summed E-state index contributed by atoms with van der Waals surface area (Å²) in [6.45, 7) is 0.454. The summed E-state index contributed by atoms with van der Waals surface area (Å²) in [5.41, 5.74) is -0.992. The number of carbonyl (C=O) groups is 1. The summed E-state index contributed by atoms with van der Waals surface area (Å²) < 4.78 is 76.6. The predicted molar refractivity (Wildman–Crippen MR) is 106 cm³/mol. The summed E-state index contributed by atoms with van der Waals surface area (Å²) in [6, 6.07) is 2.35. The van der Waals surface area contributed by atoms with Crippen LogP contribution in [0.15, 0.2) is 12.1 Å². The highest BCUT2D eigenvalue weighted by Gasteiger charge is 2.80. The van der Waals surface area contributed by atoms with Gasteiger partial charge in [-0.2, -0.15) is 12.7 Å². The van der Waals surface area contributed by atoms with E-state index in [-0.39, 0.29) is 23.8 Å². The van der Waals surface area contributed by atoms with Crippen molar-refractivity contribution in [1.29, 1.82) is 0 Å². The summed E-state index contributed by atoms with van der Waals surface area (Å²) in [7, 11) is -4.00. The zero-order chi connectivity index (χ0) is 22.0. The molecule has 1 amide bonds. The SMILES string of the molecule is O=C(NS(=O)(=O)N1CCC1)c1cc(C2CC2)c(OC[C@@]23CCCC[C@@H]2C3(F)F)cc1F. The van der Waals surface area contributed by atoms with Crippen LogP contribution >= 0.6 is 0 Å². The summed E-state index contributed by atoms with van der Waals surface area (Å²) in [4.78, 5) is 12.5. The first-order valence-electron chi connectivity index (χ1n) is 10.8. The van der Waals surface area contributed by atoms with Crippen LogP contribution in [-0.2, 0) is 10.2 Å². The lowest BCUT2D eigenvalue weighted by atomic mass is 9.89. The molecule has 0 bridgehead atoms. The standard InChI is InChI=1S/C21H25F3N2O4S/c22-16-11-17(30-12-20-7-2-1-4-18(20)21(20,23)24)14(13-5-6-13)10-15(16)19(27)25-31(28,29)26-8-3-9-26/h10-11,13,18H,1-9,12H2,(H,25,27)/t18-,20-/m0/s1. The minimum absolute atomic E-state index is 0.0495. The van der Waals surface area contributed by atoms with Crippen molar-refractivity contribution >= 4 is 16.1 Å². The average molecular weight is 459 g/mol. The van der Waals surface area contributed by atoms with Crippen LogP contribution < -0.4 is 9.46 Å². The van der Waals surface area contributed by atoms with Crippen molar-refractivity contribution in [2.24, 2.45) is 11.3 Å². The van der Waals surface area contributed by atoms with E-state index in [1.165, 1.54) is 6.07 Å². The molecule has 1 aromatic carbocycles. The minimum Gasteiger partial charge on any atom is -0.492 e. The Morgan fingerprint density at radius 3 is 2.52 bits per heavy atom. The third-order valence-electron chi connectivity index (χ3n) is 7.27. The molecule has 3 aliphatic carbocycles. The number of hydrogen-bond donors (Lipinski definition) is 1. The van der Waals surface area contributed by atoms with Crippen LogP contribution in [0.1, 0.15) is 66.8 Å². The molecule has 0 radical (unpaired) electrons. The van der Waals surface area contributed by atoms with Crippen LogP contribution in [0.4, 0.5) is 13.2 Å². The van der Waals surface area contributed by atoms with Gasteiger partial charge in [0, 0.05) is 25.1 Å². The molecular weight excluding hydrogens is 433 g/mol. The van der Waals surface area contributed by atoms with E-state index < -0.39 is 39.2 Å². The fourth-order valence-electron chi connectivity index (χ4n) is 5.00. The van der Waals surface area contributed by atoms with Crippen LogP contribution in [-0.4, -0.2) is 44.2 Å². The number of benzene rings is 1. The number of alkyl halides is 2. The van der Waals surface area contributed by atoms with Gasteiger partial charge in [0.05, 0.1) is 11.0 Å². The third kappa shape index (κ3) is 3.42. The van der Waals surface area contributed by atoms with Gasteiger partial charge in [0.1, 0.15) is 18.2 Å². The lowest BCUT2D eigenvalue weighted by molar-refractivity contribution is 0.0368. The van der Waals surface area contributed by atoms with Crippen molar-refractivity contribution in [3.63, 3.8) is 0 Å². The van der Waals surface area contributed by atoms with E-state index in [1.54, 1.807) is 0 Å². The Bertz CT molecular complexity index is 1020. The van der Waals surface area contributed by atoms with E-state index in [9.17, 15) is 26.4 Å². The third-order valence-corrected chi connectivity index (χ3v) is 8.76. The molecule has 6 nitrogen and oxygen atoms in total. The maximum atomic E-state index is 14.8. The van der Waals surface area contributed by atoms with Crippen LogP contribution in [0.2, 0.25) is 0 Å². The number of rotatable bonds is 7. The van der Waals surface area contributed by atoms with Crippen molar-refractivity contribution in [2.75, 3.05) is 19.7 Å². The first-order valence-corrected chi connectivity index (χ1v) is 12.3. The number of ether oxygens (including phenoxy) is 1. The van der Waals surface area contributed by atoms with Gasteiger partial charge in [-0.3, -0.25) is 4.79 Å². The van der Waals surface area contributed by atoms with E-state index >= 15 is 0 Å². The van der Waals surface area contributed by atoms with Gasteiger partial charge in [-0.1, -0.05) is 12.8 Å². The summed E-state index contributed by atoms with van der Waals surface area (Å²) in [6.07, 6.45) is 4.73. The highest BCUT2D eigenvalue weighted by molar-refractivity contribution is 7.87. The van der Waals surface area contributed by atoms with Crippen LogP contribution in [0.3, 0.4) is 0 Å². The second kappa shape index (κ2) is 7.10. The molecule has 0 spiro atoms. The molecule has 5 rings (SSSR count). The van der Waals surface area contributed by atoms with Gasteiger partial charge in [0.25, 0.3) is 11.8 Å². The first kappa shape index (κ1) is 21.1. The first-order chi connectivity index (χ1) is 14.7. The second-order valence-corrected chi connectivity index (χ2v) is 10.9. The topological polar surface area (TPSA) is 75.7 Å². The number of halogens is 3. The van der Waals surface area contributed by atoms with Gasteiger partial charge in [-0.05, 0) is 49.7 Å². The lowest BCUT2D eigenvalue weighted by Crippen LogP contribution is -2.49. The average Bonchev–Trinajstić information content (AvgIpc) is 3.55. The van der Waals surface area contributed by atoms with E-state index in [2.05, 4.69) is 0 Å². The Hall–Kier alpha value is -1.81. The number of nitrogens with one attached hydrogen (secondary N) is 1. The number of hydrogen-bond acceptors (Lipinski definition) is 4. The molecule has 10 heteroatoms. The molecule has 170 valence electrons. The Kier molecular flexibility index (Phi) is 4.82. The lowest BCUT2D eigenvalue weighted by Gasteiger charge is -2.29. The molecule has 4 aliphatic rings. The van der Waals surface area contributed by atoms with E-state index in [0.717, 1.165) is 36.1 Å². The largest absolute Gasteiger partial charge is 0.492 e. The molecule has 0 unspecified atom stereocenters. The zero-order valence-corrected chi connectivity index (χ0v) is 17.8. The highest BCUT2D eigenvalue weighted by Crippen LogP contribution is 2.72. The molecule has 1 aromatic rings. The van der Waals surface area contributed by atoms with Gasteiger partial charge in [-0.15, -0.1) is 0 Å². The summed E-state index contributed by atoms with van der Waals surface area (Å²) in [5.74, 6) is -5.20. The Morgan fingerprint density at radius 1 is 1.16 bits per heavy atom. The molecule has 1 heterocycles. The number of nitrogens with zero attached hydrogens (tertiary/aromatic N) is 1. The van der Waals surface area contributed by atoms with Gasteiger partial charge >= 0.3 is 10.2 Å². The predicted octanol–water partition coefficient (Wildman–Crippen LogP) is 3.59. The van der Waals surface area contributed by atoms with Gasteiger partial charge in [-0.25, -0.2) is 17.9 Å². The number of fused-ring (bicyclic) bond motifs is 1. The van der Waals surface area contributed by atoms with Gasteiger partial charge in [0.15, 0.2) is 0 Å². The minimum atomic E-state index is -4.00. The molecule has 1 saturated heterocycles. The van der Waals surface area contributed by atoms with E-state index in [1.807, 2.05) is 4.72 Å². The normalized spacial score (nSPS) is 29.6. The van der Waals surface area contributed by atoms with Crippen molar-refractivity contribution in [3.8, 4) is 5.75 Å². The molecule has 2 atom stereocenters. The molecule has 1 aliphatic heterocycles. The molecule has 31 heavy (non-hydrogen) atoms. The molecule has 4 fully saturated rings.